The second-order valence-electron chi connectivity index (χ2n) is 3.56. The molecule has 0 spiro atoms. The molecule has 1 saturated heterocycles. The Labute approximate surface area is 73.1 Å². The van der Waals surface area contributed by atoms with Gasteiger partial charge in [-0.05, 0) is 26.2 Å². The molecule has 0 amide bonds. The zero-order valence-electron chi connectivity index (χ0n) is 7.25. The van der Waals surface area contributed by atoms with Crippen LogP contribution in [0.4, 0.5) is 0 Å². The van der Waals surface area contributed by atoms with Crippen LogP contribution in [0.5, 0.6) is 0 Å². The first kappa shape index (κ1) is 9.95. The summed E-state index contributed by atoms with van der Waals surface area (Å²) in [5.74, 6) is -0.0694. The smallest absolute Gasteiger partial charge is 0.211 e. The van der Waals surface area contributed by atoms with Crippen LogP contribution < -0.4 is 5.14 Å². The average Bonchev–Trinajstić information content (AvgIpc) is 1.83. The van der Waals surface area contributed by atoms with Gasteiger partial charge >= 0.3 is 0 Å². The van der Waals surface area contributed by atoms with Crippen molar-refractivity contribution in [3.8, 4) is 0 Å². The van der Waals surface area contributed by atoms with Crippen LogP contribution in [0.1, 0.15) is 26.2 Å². The first-order valence-corrected chi connectivity index (χ1v) is 5.77. The minimum atomic E-state index is -3.41. The molecule has 4 nitrogen and oxygen atoms in total. The minimum Gasteiger partial charge on any atom is -0.374 e. The molecule has 0 saturated carbocycles. The number of rotatable bonds is 2. The SMILES string of the molecule is CC1(CS(N)(=O)=O)CCCCO1. The van der Waals surface area contributed by atoms with E-state index in [0.29, 0.717) is 6.61 Å². The number of sulfonamides is 1. The first-order valence-electron chi connectivity index (χ1n) is 4.06. The van der Waals surface area contributed by atoms with Gasteiger partial charge < -0.3 is 4.74 Å². The van der Waals surface area contributed by atoms with Crippen LogP contribution in [0, 0.1) is 0 Å². The van der Waals surface area contributed by atoms with E-state index in [2.05, 4.69) is 0 Å². The van der Waals surface area contributed by atoms with Crippen molar-refractivity contribution in [2.45, 2.75) is 31.8 Å². The van der Waals surface area contributed by atoms with E-state index >= 15 is 0 Å². The first-order chi connectivity index (χ1) is 5.41. The summed E-state index contributed by atoms with van der Waals surface area (Å²) in [4.78, 5) is 0. The molecule has 0 aromatic heterocycles. The molecule has 1 atom stereocenters. The summed E-state index contributed by atoms with van der Waals surface area (Å²) in [5.41, 5.74) is -0.550. The van der Waals surface area contributed by atoms with Crippen molar-refractivity contribution in [1.29, 1.82) is 0 Å². The fourth-order valence-corrected chi connectivity index (χ4v) is 2.61. The molecule has 1 aliphatic rings. The predicted octanol–water partition coefficient (Wildman–Crippen LogP) is 0.234. The highest BCUT2D eigenvalue weighted by Gasteiger charge is 2.31. The predicted molar refractivity (Wildman–Crippen MR) is 46.2 cm³/mol. The summed E-state index contributed by atoms with van der Waals surface area (Å²) < 4.78 is 27.0. The summed E-state index contributed by atoms with van der Waals surface area (Å²) in [5, 5.41) is 4.94. The largest absolute Gasteiger partial charge is 0.374 e. The van der Waals surface area contributed by atoms with Gasteiger partial charge in [0.1, 0.15) is 0 Å². The molecule has 72 valence electrons. The highest BCUT2D eigenvalue weighted by Crippen LogP contribution is 2.25. The lowest BCUT2D eigenvalue weighted by molar-refractivity contribution is -0.0485. The van der Waals surface area contributed by atoms with Crippen LogP contribution in [-0.2, 0) is 14.8 Å². The van der Waals surface area contributed by atoms with E-state index < -0.39 is 15.6 Å². The van der Waals surface area contributed by atoms with E-state index in [-0.39, 0.29) is 5.75 Å². The Balaban J connectivity index is 2.59. The average molecular weight is 193 g/mol. The van der Waals surface area contributed by atoms with E-state index in [1.807, 2.05) is 0 Å². The van der Waals surface area contributed by atoms with E-state index in [1.165, 1.54) is 0 Å². The van der Waals surface area contributed by atoms with Crippen LogP contribution in [0.15, 0.2) is 0 Å². The van der Waals surface area contributed by atoms with Crippen molar-refractivity contribution in [3.63, 3.8) is 0 Å². The quantitative estimate of drug-likeness (QED) is 0.682. The second-order valence-corrected chi connectivity index (χ2v) is 5.18. The Morgan fingerprint density at radius 1 is 1.50 bits per heavy atom. The van der Waals surface area contributed by atoms with Gasteiger partial charge in [0.15, 0.2) is 0 Å². The van der Waals surface area contributed by atoms with Gasteiger partial charge in [-0.1, -0.05) is 0 Å². The zero-order chi connectivity index (χ0) is 9.24. The van der Waals surface area contributed by atoms with Crippen LogP contribution >= 0.6 is 0 Å². The van der Waals surface area contributed by atoms with E-state index in [1.54, 1.807) is 6.92 Å². The Morgan fingerprint density at radius 3 is 2.58 bits per heavy atom. The Bertz CT molecular complexity index is 241. The Hall–Kier alpha value is -0.130. The Kier molecular flexibility index (Phi) is 2.75. The van der Waals surface area contributed by atoms with E-state index in [9.17, 15) is 8.42 Å². The molecule has 12 heavy (non-hydrogen) atoms. The zero-order valence-corrected chi connectivity index (χ0v) is 8.06. The molecule has 5 heteroatoms. The molecule has 0 aromatic rings. The highest BCUT2D eigenvalue weighted by molar-refractivity contribution is 7.89. The van der Waals surface area contributed by atoms with Crippen molar-refractivity contribution >= 4 is 10.0 Å². The number of primary sulfonamides is 1. The molecule has 1 rings (SSSR count). The lowest BCUT2D eigenvalue weighted by Gasteiger charge is -2.32. The number of ether oxygens (including phenoxy) is 1. The summed E-state index contributed by atoms with van der Waals surface area (Å²) in [6, 6.07) is 0. The third-order valence-corrected chi connectivity index (χ3v) is 3.07. The molecule has 1 unspecified atom stereocenters. The molecule has 0 aromatic carbocycles. The molecule has 1 heterocycles. The third-order valence-electron chi connectivity index (χ3n) is 2.06. The van der Waals surface area contributed by atoms with Crippen molar-refractivity contribution in [2.24, 2.45) is 5.14 Å². The lowest BCUT2D eigenvalue weighted by atomic mass is 9.98. The molecule has 1 aliphatic heterocycles. The maximum atomic E-state index is 10.8. The molecular formula is C7H15NO3S. The van der Waals surface area contributed by atoms with Gasteiger partial charge in [-0.3, -0.25) is 0 Å². The summed E-state index contributed by atoms with van der Waals surface area (Å²) in [6.45, 7) is 2.45. The molecule has 1 fully saturated rings. The van der Waals surface area contributed by atoms with E-state index in [0.717, 1.165) is 19.3 Å². The number of hydrogen-bond donors (Lipinski definition) is 1. The maximum absolute atomic E-state index is 10.8. The fraction of sp³-hybridized carbons (Fsp3) is 1.00. The van der Waals surface area contributed by atoms with Crippen molar-refractivity contribution in [3.05, 3.63) is 0 Å². The maximum Gasteiger partial charge on any atom is 0.211 e. The molecule has 0 radical (unpaired) electrons. The van der Waals surface area contributed by atoms with Gasteiger partial charge in [0, 0.05) is 6.61 Å². The van der Waals surface area contributed by atoms with Crippen molar-refractivity contribution in [1.82, 2.24) is 0 Å². The van der Waals surface area contributed by atoms with Gasteiger partial charge in [-0.2, -0.15) is 0 Å². The number of hydrogen-bond acceptors (Lipinski definition) is 3. The number of nitrogens with two attached hydrogens (primary N) is 1. The topological polar surface area (TPSA) is 69.4 Å². The lowest BCUT2D eigenvalue weighted by Crippen LogP contribution is -2.41. The highest BCUT2D eigenvalue weighted by atomic mass is 32.2. The van der Waals surface area contributed by atoms with Gasteiger partial charge in [-0.15, -0.1) is 0 Å². The minimum absolute atomic E-state index is 0.0694. The molecular weight excluding hydrogens is 178 g/mol. The normalized spacial score (nSPS) is 31.8. The molecule has 2 N–H and O–H groups in total. The summed E-state index contributed by atoms with van der Waals surface area (Å²) in [7, 11) is -3.41. The van der Waals surface area contributed by atoms with Crippen LogP contribution in [0.25, 0.3) is 0 Å². The van der Waals surface area contributed by atoms with Crippen LogP contribution in [-0.4, -0.2) is 26.4 Å². The Morgan fingerprint density at radius 2 is 2.17 bits per heavy atom. The standard InChI is InChI=1S/C7H15NO3S/c1-7(6-12(8,9)10)4-2-3-5-11-7/h2-6H2,1H3,(H2,8,9,10). The van der Waals surface area contributed by atoms with Gasteiger partial charge in [0.25, 0.3) is 0 Å². The van der Waals surface area contributed by atoms with E-state index in [4.69, 9.17) is 9.88 Å². The van der Waals surface area contributed by atoms with Gasteiger partial charge in [-0.25, -0.2) is 13.6 Å². The van der Waals surface area contributed by atoms with Crippen LogP contribution in [0.2, 0.25) is 0 Å². The second kappa shape index (κ2) is 3.32. The van der Waals surface area contributed by atoms with Crippen molar-refractivity contribution < 1.29 is 13.2 Å². The molecule has 0 aliphatic carbocycles. The monoisotopic (exact) mass is 193 g/mol. The summed E-state index contributed by atoms with van der Waals surface area (Å²) in [6.07, 6.45) is 2.82. The molecule has 0 bridgehead atoms. The third kappa shape index (κ3) is 3.08. The van der Waals surface area contributed by atoms with Crippen molar-refractivity contribution in [2.75, 3.05) is 12.4 Å². The summed E-state index contributed by atoms with van der Waals surface area (Å²) >= 11 is 0. The van der Waals surface area contributed by atoms with Gasteiger partial charge in [0.2, 0.25) is 10.0 Å². The fourth-order valence-electron chi connectivity index (χ4n) is 1.53. The van der Waals surface area contributed by atoms with Crippen LogP contribution in [0.3, 0.4) is 0 Å². The van der Waals surface area contributed by atoms with Gasteiger partial charge in [0.05, 0.1) is 11.4 Å².